The van der Waals surface area contributed by atoms with Crippen LogP contribution in [0.4, 0.5) is 0 Å². The molecule has 51 heavy (non-hydrogen) atoms. The van der Waals surface area contributed by atoms with Crippen molar-refractivity contribution in [2.45, 2.75) is 0 Å². The summed E-state index contributed by atoms with van der Waals surface area (Å²) in [5.41, 5.74) is 9.05. The predicted molar refractivity (Wildman–Crippen MR) is 205 cm³/mol. The molecule has 11 aromatic rings. The van der Waals surface area contributed by atoms with Crippen LogP contribution in [0.25, 0.3) is 106 Å². The molecule has 6 nitrogen and oxygen atoms in total. The lowest BCUT2D eigenvalue weighted by Crippen LogP contribution is -2.01. The van der Waals surface area contributed by atoms with Crippen LogP contribution in [0.1, 0.15) is 0 Å². The molecule has 6 heteroatoms. The van der Waals surface area contributed by atoms with Crippen molar-refractivity contribution in [1.82, 2.24) is 19.5 Å². The van der Waals surface area contributed by atoms with Gasteiger partial charge in [0.05, 0.1) is 22.1 Å². The van der Waals surface area contributed by atoms with Gasteiger partial charge in [-0.2, -0.15) is 0 Å². The summed E-state index contributed by atoms with van der Waals surface area (Å²) in [6.45, 7) is 0. The van der Waals surface area contributed by atoms with Crippen molar-refractivity contribution in [2.75, 3.05) is 0 Å². The Morgan fingerprint density at radius 1 is 0.392 bits per heavy atom. The minimum Gasteiger partial charge on any atom is -0.456 e. The minimum atomic E-state index is 0.580. The summed E-state index contributed by atoms with van der Waals surface area (Å²) in [7, 11) is 0. The molecule has 0 saturated carbocycles. The van der Waals surface area contributed by atoms with Crippen LogP contribution in [0.5, 0.6) is 0 Å². The molecular weight excluding hydrogens is 629 g/mol. The molecule has 0 bridgehead atoms. The molecule has 11 rings (SSSR count). The number of furan rings is 2. The van der Waals surface area contributed by atoms with Gasteiger partial charge in [-0.3, -0.25) is 0 Å². The predicted octanol–water partition coefficient (Wildman–Crippen LogP) is 11.8. The molecule has 0 saturated heterocycles. The number of aromatic nitrogens is 4. The number of hydrogen-bond acceptors (Lipinski definition) is 5. The molecule has 4 aromatic heterocycles. The van der Waals surface area contributed by atoms with E-state index < -0.39 is 0 Å². The zero-order chi connectivity index (χ0) is 33.5. The third kappa shape index (κ3) is 4.14. The van der Waals surface area contributed by atoms with Crippen molar-refractivity contribution < 1.29 is 8.83 Å². The highest BCUT2D eigenvalue weighted by atomic mass is 16.3. The molecule has 0 aliphatic rings. The van der Waals surface area contributed by atoms with Crippen LogP contribution < -0.4 is 0 Å². The molecule has 4 heterocycles. The molecule has 0 amide bonds. The summed E-state index contributed by atoms with van der Waals surface area (Å²) < 4.78 is 15.6. The van der Waals surface area contributed by atoms with Gasteiger partial charge in [-0.25, -0.2) is 15.0 Å². The summed E-state index contributed by atoms with van der Waals surface area (Å²) in [4.78, 5) is 15.2. The monoisotopic (exact) mass is 654 g/mol. The molecule has 7 aromatic carbocycles. The molecule has 0 spiro atoms. The van der Waals surface area contributed by atoms with Crippen LogP contribution in [0, 0.1) is 0 Å². The van der Waals surface area contributed by atoms with E-state index in [-0.39, 0.29) is 0 Å². The van der Waals surface area contributed by atoms with E-state index in [4.69, 9.17) is 23.8 Å². The lowest BCUT2D eigenvalue weighted by Gasteiger charge is -2.13. The maximum absolute atomic E-state index is 6.86. The number of nitrogens with zero attached hydrogens (tertiary/aromatic N) is 4. The zero-order valence-electron chi connectivity index (χ0n) is 27.1. The number of fused-ring (bicyclic) bond motifs is 10. The Morgan fingerprint density at radius 3 is 1.67 bits per heavy atom. The van der Waals surface area contributed by atoms with Crippen LogP contribution in [-0.4, -0.2) is 19.5 Å². The Hall–Kier alpha value is -7.05. The average molecular weight is 655 g/mol. The number of benzene rings is 7. The first-order chi connectivity index (χ1) is 25.3. The fourth-order valence-electron chi connectivity index (χ4n) is 7.62. The summed E-state index contributed by atoms with van der Waals surface area (Å²) in [6, 6.07) is 53.7. The zero-order valence-corrected chi connectivity index (χ0v) is 27.1. The molecule has 0 unspecified atom stereocenters. The third-order valence-electron chi connectivity index (χ3n) is 9.86. The summed E-state index contributed by atoms with van der Waals surface area (Å²) >= 11 is 0. The van der Waals surface area contributed by atoms with Gasteiger partial charge in [0.25, 0.3) is 0 Å². The van der Waals surface area contributed by atoms with Gasteiger partial charge >= 0.3 is 0 Å². The van der Waals surface area contributed by atoms with E-state index in [1.165, 1.54) is 0 Å². The normalized spacial score (nSPS) is 11.9. The summed E-state index contributed by atoms with van der Waals surface area (Å²) in [5, 5.41) is 6.40. The highest BCUT2D eigenvalue weighted by Gasteiger charge is 2.24. The van der Waals surface area contributed by atoms with Crippen molar-refractivity contribution in [2.24, 2.45) is 0 Å². The second-order valence-electron chi connectivity index (χ2n) is 12.8. The van der Waals surface area contributed by atoms with Gasteiger partial charge in [0.1, 0.15) is 16.7 Å². The van der Waals surface area contributed by atoms with E-state index in [0.29, 0.717) is 17.5 Å². The molecule has 0 aliphatic heterocycles. The van der Waals surface area contributed by atoms with E-state index in [9.17, 15) is 0 Å². The van der Waals surface area contributed by atoms with E-state index in [1.807, 2.05) is 91.0 Å². The lowest BCUT2D eigenvalue weighted by molar-refractivity contribution is 0.666. The van der Waals surface area contributed by atoms with Crippen molar-refractivity contribution in [3.8, 4) is 39.9 Å². The Bertz CT molecular complexity index is 3080. The first-order valence-electron chi connectivity index (χ1n) is 17.0. The van der Waals surface area contributed by atoms with Crippen LogP contribution in [0.15, 0.2) is 167 Å². The first-order valence-corrected chi connectivity index (χ1v) is 17.0. The first kappa shape index (κ1) is 27.9. The Labute approximate surface area is 290 Å². The van der Waals surface area contributed by atoms with Crippen LogP contribution in [-0.2, 0) is 0 Å². The standard InChI is InChI=1S/C45H26N4O2/c1-3-13-27(14-4-1)43-46-44(28-15-5-2-6-16-28)48-45(47-43)33-23-25-35(42-39(33)31-18-8-12-22-37(31)51-42)49-34-20-10-7-17-29(34)30-24-26-38-40(41(30)49)32-19-9-11-21-36(32)50-38/h1-26H. The van der Waals surface area contributed by atoms with E-state index >= 15 is 0 Å². The quantitative estimate of drug-likeness (QED) is 0.189. The number of rotatable bonds is 4. The van der Waals surface area contributed by atoms with Crippen molar-refractivity contribution in [3.05, 3.63) is 158 Å². The largest absolute Gasteiger partial charge is 0.456 e. The second kappa shape index (κ2) is 10.7. The number of para-hydroxylation sites is 3. The third-order valence-corrected chi connectivity index (χ3v) is 9.86. The van der Waals surface area contributed by atoms with E-state index in [1.54, 1.807) is 0 Å². The van der Waals surface area contributed by atoms with Crippen LogP contribution in [0.3, 0.4) is 0 Å². The van der Waals surface area contributed by atoms with Gasteiger partial charge in [-0.1, -0.05) is 115 Å². The smallest absolute Gasteiger partial charge is 0.164 e. The van der Waals surface area contributed by atoms with Crippen molar-refractivity contribution in [3.63, 3.8) is 0 Å². The average Bonchev–Trinajstić information content (AvgIpc) is 3.88. The lowest BCUT2D eigenvalue weighted by atomic mass is 10.0. The summed E-state index contributed by atoms with van der Waals surface area (Å²) in [5.74, 6) is 1.80. The Kier molecular flexibility index (Phi) is 5.86. The van der Waals surface area contributed by atoms with E-state index in [2.05, 4.69) is 71.3 Å². The highest BCUT2D eigenvalue weighted by Crippen LogP contribution is 2.45. The fourth-order valence-corrected chi connectivity index (χ4v) is 7.62. The minimum absolute atomic E-state index is 0.580. The molecule has 238 valence electrons. The van der Waals surface area contributed by atoms with Crippen molar-refractivity contribution >= 4 is 65.7 Å². The van der Waals surface area contributed by atoms with Crippen molar-refractivity contribution in [1.29, 1.82) is 0 Å². The second-order valence-corrected chi connectivity index (χ2v) is 12.8. The molecule has 0 radical (unpaired) electrons. The highest BCUT2D eigenvalue weighted by molar-refractivity contribution is 6.25. The van der Waals surface area contributed by atoms with Gasteiger partial charge < -0.3 is 13.4 Å². The van der Waals surface area contributed by atoms with Gasteiger partial charge in [0, 0.05) is 43.6 Å². The molecule has 0 fully saturated rings. The maximum atomic E-state index is 6.86. The number of hydrogen-bond donors (Lipinski definition) is 0. The SMILES string of the molecule is c1ccc(-c2nc(-c3ccccc3)nc(-c3ccc(-n4c5ccccc5c5ccc6oc7ccccc7c6c54)c4oc5ccccc5c34)n2)cc1. The van der Waals surface area contributed by atoms with Gasteiger partial charge in [0.15, 0.2) is 23.1 Å². The van der Waals surface area contributed by atoms with Gasteiger partial charge in [-0.15, -0.1) is 0 Å². The van der Waals surface area contributed by atoms with Crippen LogP contribution >= 0.6 is 0 Å². The Morgan fingerprint density at radius 2 is 0.961 bits per heavy atom. The van der Waals surface area contributed by atoms with Gasteiger partial charge in [0.2, 0.25) is 0 Å². The molecule has 0 N–H and O–H groups in total. The molecule has 0 aliphatic carbocycles. The topological polar surface area (TPSA) is 69.9 Å². The fraction of sp³-hybridized carbons (Fsp3) is 0. The summed E-state index contributed by atoms with van der Waals surface area (Å²) in [6.07, 6.45) is 0. The van der Waals surface area contributed by atoms with Crippen LogP contribution in [0.2, 0.25) is 0 Å². The molecule has 0 atom stereocenters. The Balaban J connectivity index is 1.26. The molecular formula is C45H26N4O2. The van der Waals surface area contributed by atoms with Gasteiger partial charge in [-0.05, 0) is 42.5 Å². The van der Waals surface area contributed by atoms with E-state index in [0.717, 1.165) is 88.1 Å². The maximum Gasteiger partial charge on any atom is 0.164 e.